The Balaban J connectivity index is 1.04. The number of furan rings is 1. The molecule has 0 unspecified atom stereocenters. The highest BCUT2D eigenvalue weighted by molar-refractivity contribution is 7.25. The Hall–Kier alpha value is -8.18. The molecular formula is C61H40N2OS. The van der Waals surface area contributed by atoms with Gasteiger partial charge >= 0.3 is 0 Å². The van der Waals surface area contributed by atoms with Crippen LogP contribution in [0.2, 0.25) is 0 Å². The van der Waals surface area contributed by atoms with Gasteiger partial charge in [-0.05, 0) is 108 Å². The Morgan fingerprint density at radius 2 is 1.03 bits per heavy atom. The standard InChI is InChI=1S/C61H40N2OS/c1-39-38-42(40-16-3-2-4-17-40)32-36-51(39)62(43-33-30-41(31-34-43)44-23-15-29-58-59(44)50-22-9-14-28-57(50)65-58)55-37-35-48(61-60(55)49-21-8-13-27-56(49)64-61)47-20-7-12-26-54(47)63-52-24-10-5-18-45(52)46-19-6-11-25-53(46)63/h2-38H,1H3. The van der Waals surface area contributed by atoms with Crippen molar-refractivity contribution in [1.82, 2.24) is 4.57 Å². The second kappa shape index (κ2) is 15.0. The number of fused-ring (bicyclic) bond motifs is 9. The van der Waals surface area contributed by atoms with Gasteiger partial charge in [-0.2, -0.15) is 0 Å². The van der Waals surface area contributed by atoms with Gasteiger partial charge in [0.25, 0.3) is 0 Å². The van der Waals surface area contributed by atoms with Crippen LogP contribution in [-0.4, -0.2) is 4.57 Å². The highest BCUT2D eigenvalue weighted by atomic mass is 32.1. The lowest BCUT2D eigenvalue weighted by molar-refractivity contribution is 0.670. The molecule has 0 aliphatic carbocycles. The molecule has 13 rings (SSSR count). The number of rotatable bonds is 7. The fourth-order valence-corrected chi connectivity index (χ4v) is 11.3. The van der Waals surface area contributed by atoms with E-state index in [1.54, 1.807) is 0 Å². The van der Waals surface area contributed by atoms with E-state index in [0.29, 0.717) is 0 Å². The maximum atomic E-state index is 7.07. The molecule has 0 aliphatic heterocycles. The summed E-state index contributed by atoms with van der Waals surface area (Å²) < 4.78 is 12.1. The molecule has 306 valence electrons. The van der Waals surface area contributed by atoms with Crippen LogP contribution in [0.15, 0.2) is 229 Å². The van der Waals surface area contributed by atoms with Gasteiger partial charge in [0.05, 0.1) is 27.8 Å². The van der Waals surface area contributed by atoms with E-state index < -0.39 is 0 Å². The van der Waals surface area contributed by atoms with Crippen LogP contribution < -0.4 is 4.90 Å². The zero-order chi connectivity index (χ0) is 43.0. The van der Waals surface area contributed by atoms with Gasteiger partial charge in [0.15, 0.2) is 0 Å². The van der Waals surface area contributed by atoms with Crippen molar-refractivity contribution in [2.24, 2.45) is 0 Å². The third-order valence-corrected chi connectivity index (χ3v) is 14.3. The highest BCUT2D eigenvalue weighted by Crippen LogP contribution is 2.49. The van der Waals surface area contributed by atoms with Crippen molar-refractivity contribution >= 4 is 92.3 Å². The minimum atomic E-state index is 0.855. The summed E-state index contributed by atoms with van der Waals surface area (Å²) >= 11 is 1.86. The molecule has 65 heavy (non-hydrogen) atoms. The van der Waals surface area contributed by atoms with Crippen LogP contribution >= 0.6 is 11.3 Å². The molecule has 3 heterocycles. The van der Waals surface area contributed by atoms with E-state index in [0.717, 1.165) is 55.8 Å². The molecular weight excluding hydrogens is 809 g/mol. The maximum absolute atomic E-state index is 7.07. The van der Waals surface area contributed by atoms with Gasteiger partial charge in [-0.3, -0.25) is 0 Å². The van der Waals surface area contributed by atoms with Crippen LogP contribution in [0, 0.1) is 6.92 Å². The third-order valence-electron chi connectivity index (χ3n) is 13.1. The van der Waals surface area contributed by atoms with E-state index >= 15 is 0 Å². The molecule has 13 aromatic rings. The number of aromatic nitrogens is 1. The molecule has 0 fully saturated rings. The Morgan fingerprint density at radius 3 is 1.82 bits per heavy atom. The van der Waals surface area contributed by atoms with Gasteiger partial charge in [0.2, 0.25) is 0 Å². The summed E-state index contributed by atoms with van der Waals surface area (Å²) in [7, 11) is 0. The van der Waals surface area contributed by atoms with Crippen LogP contribution in [0.5, 0.6) is 0 Å². The largest absolute Gasteiger partial charge is 0.455 e. The summed E-state index contributed by atoms with van der Waals surface area (Å²) in [5.41, 5.74) is 16.5. The molecule has 0 saturated carbocycles. The van der Waals surface area contributed by atoms with Gasteiger partial charge in [-0.25, -0.2) is 0 Å². The summed E-state index contributed by atoms with van der Waals surface area (Å²) in [6.45, 7) is 2.23. The number of para-hydroxylation sites is 4. The van der Waals surface area contributed by atoms with E-state index in [9.17, 15) is 0 Å². The summed E-state index contributed by atoms with van der Waals surface area (Å²) in [4.78, 5) is 2.43. The van der Waals surface area contributed by atoms with E-state index in [1.807, 2.05) is 11.3 Å². The van der Waals surface area contributed by atoms with Crippen LogP contribution in [0.3, 0.4) is 0 Å². The molecule has 0 bridgehead atoms. The van der Waals surface area contributed by atoms with Gasteiger partial charge in [-0.1, -0.05) is 152 Å². The van der Waals surface area contributed by atoms with E-state index in [4.69, 9.17) is 4.42 Å². The molecule has 3 aromatic heterocycles. The van der Waals surface area contributed by atoms with Crippen LogP contribution in [-0.2, 0) is 0 Å². The lowest BCUT2D eigenvalue weighted by atomic mass is 9.96. The summed E-state index contributed by atoms with van der Waals surface area (Å²) in [6.07, 6.45) is 0. The SMILES string of the molecule is Cc1cc(-c2ccccc2)ccc1N(c1ccc(-c2cccc3sc4ccccc4c23)cc1)c1ccc(-c2ccccc2-n2c3ccccc3c3ccccc32)c2oc3ccccc3c12. The second-order valence-electron chi connectivity index (χ2n) is 16.8. The summed E-state index contributed by atoms with van der Waals surface area (Å²) in [5, 5.41) is 7.23. The highest BCUT2D eigenvalue weighted by Gasteiger charge is 2.25. The smallest absolute Gasteiger partial charge is 0.145 e. The van der Waals surface area contributed by atoms with Crippen molar-refractivity contribution < 1.29 is 4.42 Å². The lowest BCUT2D eigenvalue weighted by Gasteiger charge is -2.29. The molecule has 0 amide bonds. The Labute approximate surface area is 380 Å². The molecule has 10 aromatic carbocycles. The van der Waals surface area contributed by atoms with Crippen LogP contribution in [0.25, 0.3) is 103 Å². The number of nitrogens with zero attached hydrogens (tertiary/aromatic N) is 2. The van der Waals surface area contributed by atoms with Crippen molar-refractivity contribution in [1.29, 1.82) is 0 Å². The maximum Gasteiger partial charge on any atom is 0.145 e. The first-order valence-electron chi connectivity index (χ1n) is 22.2. The first kappa shape index (κ1) is 37.4. The van der Waals surface area contributed by atoms with Crippen molar-refractivity contribution in [3.8, 4) is 39.1 Å². The molecule has 0 spiro atoms. The number of aryl methyl sites for hydroxylation is 1. The van der Waals surface area contributed by atoms with Crippen LogP contribution in [0.4, 0.5) is 17.1 Å². The number of anilines is 3. The van der Waals surface area contributed by atoms with E-state index in [2.05, 4.69) is 241 Å². The van der Waals surface area contributed by atoms with Gasteiger partial charge in [0, 0.05) is 58.8 Å². The Morgan fingerprint density at radius 1 is 0.415 bits per heavy atom. The third kappa shape index (κ3) is 5.95. The summed E-state index contributed by atoms with van der Waals surface area (Å²) in [5.74, 6) is 0. The second-order valence-corrected chi connectivity index (χ2v) is 17.9. The molecule has 0 atom stereocenters. The monoisotopic (exact) mass is 848 g/mol. The predicted octanol–water partition coefficient (Wildman–Crippen LogP) is 17.8. The van der Waals surface area contributed by atoms with Crippen molar-refractivity contribution in [2.45, 2.75) is 6.92 Å². The Bertz CT molecular complexity index is 3910. The molecule has 0 aliphatic rings. The number of thiophene rings is 1. The first-order valence-corrected chi connectivity index (χ1v) is 23.0. The quantitative estimate of drug-likeness (QED) is 0.159. The normalized spacial score (nSPS) is 11.8. The number of hydrogen-bond acceptors (Lipinski definition) is 3. The molecule has 3 nitrogen and oxygen atoms in total. The van der Waals surface area contributed by atoms with Gasteiger partial charge in [0.1, 0.15) is 11.2 Å². The minimum Gasteiger partial charge on any atom is -0.455 e. The number of hydrogen-bond donors (Lipinski definition) is 0. The fraction of sp³-hybridized carbons (Fsp3) is 0.0164. The zero-order valence-corrected chi connectivity index (χ0v) is 36.4. The lowest BCUT2D eigenvalue weighted by Crippen LogP contribution is -2.12. The number of benzene rings is 10. The molecule has 0 saturated heterocycles. The topological polar surface area (TPSA) is 21.3 Å². The van der Waals surface area contributed by atoms with Crippen molar-refractivity contribution in [2.75, 3.05) is 4.90 Å². The molecule has 0 radical (unpaired) electrons. The average Bonchev–Trinajstić information content (AvgIpc) is 4.05. The predicted molar refractivity (Wildman–Crippen MR) is 277 cm³/mol. The van der Waals surface area contributed by atoms with E-state index in [-0.39, 0.29) is 0 Å². The van der Waals surface area contributed by atoms with Crippen molar-refractivity contribution in [3.63, 3.8) is 0 Å². The fourth-order valence-electron chi connectivity index (χ4n) is 10.2. The van der Waals surface area contributed by atoms with Crippen LogP contribution in [0.1, 0.15) is 5.56 Å². The minimum absolute atomic E-state index is 0.855. The van der Waals surface area contributed by atoms with Gasteiger partial charge in [-0.15, -0.1) is 11.3 Å². The molecule has 4 heteroatoms. The Kier molecular flexibility index (Phi) is 8.62. The average molecular weight is 849 g/mol. The first-order chi connectivity index (χ1) is 32.2. The van der Waals surface area contributed by atoms with Crippen molar-refractivity contribution in [3.05, 3.63) is 230 Å². The van der Waals surface area contributed by atoms with E-state index in [1.165, 1.54) is 69.8 Å². The summed E-state index contributed by atoms with van der Waals surface area (Å²) in [6, 6.07) is 81.3. The molecule has 0 N–H and O–H groups in total. The van der Waals surface area contributed by atoms with Gasteiger partial charge < -0.3 is 13.9 Å². The zero-order valence-electron chi connectivity index (χ0n) is 35.6.